The van der Waals surface area contributed by atoms with Crippen LogP contribution in [0.5, 0.6) is 11.5 Å². The lowest BCUT2D eigenvalue weighted by atomic mass is 9.89. The van der Waals surface area contributed by atoms with Crippen molar-refractivity contribution in [3.05, 3.63) is 23.8 Å². The zero-order valence-electron chi connectivity index (χ0n) is 12.6. The van der Waals surface area contributed by atoms with Gasteiger partial charge in [0.05, 0.1) is 12.2 Å². The van der Waals surface area contributed by atoms with Gasteiger partial charge in [-0.05, 0) is 38.9 Å². The van der Waals surface area contributed by atoms with Crippen molar-refractivity contribution in [1.82, 2.24) is 5.32 Å². The van der Waals surface area contributed by atoms with Gasteiger partial charge in [-0.25, -0.2) is 0 Å². The van der Waals surface area contributed by atoms with Crippen LogP contribution in [0.2, 0.25) is 0 Å². The first-order valence-corrected chi connectivity index (χ1v) is 7.05. The third kappa shape index (κ3) is 3.21. The van der Waals surface area contributed by atoms with Gasteiger partial charge in [-0.1, -0.05) is 19.9 Å². The number of hydrogen-bond acceptors (Lipinski definition) is 3. The van der Waals surface area contributed by atoms with Gasteiger partial charge in [0, 0.05) is 12.5 Å². The van der Waals surface area contributed by atoms with Crippen molar-refractivity contribution >= 4 is 0 Å². The van der Waals surface area contributed by atoms with E-state index < -0.39 is 0 Å². The monoisotopic (exact) mass is 263 g/mol. The van der Waals surface area contributed by atoms with Crippen LogP contribution in [-0.4, -0.2) is 19.3 Å². The molecule has 106 valence electrons. The predicted octanol–water partition coefficient (Wildman–Crippen LogP) is 3.54. The number of fused-ring (bicyclic) bond motifs is 1. The zero-order valence-corrected chi connectivity index (χ0v) is 12.6. The Kier molecular flexibility index (Phi) is 4.04. The van der Waals surface area contributed by atoms with E-state index >= 15 is 0 Å². The predicted molar refractivity (Wildman–Crippen MR) is 77.9 cm³/mol. The molecule has 1 aromatic carbocycles. The Morgan fingerprint density at radius 1 is 1.42 bits per heavy atom. The van der Waals surface area contributed by atoms with Crippen LogP contribution in [-0.2, 0) is 0 Å². The van der Waals surface area contributed by atoms with Crippen molar-refractivity contribution in [2.75, 3.05) is 13.7 Å². The first kappa shape index (κ1) is 14.2. The smallest absolute Gasteiger partial charge is 0.128 e. The SMILES string of the molecule is CNC1CC(C)(C)Oc2cccc(OCC(C)C)c21. The Morgan fingerprint density at radius 3 is 2.79 bits per heavy atom. The highest BCUT2D eigenvalue weighted by molar-refractivity contribution is 5.48. The number of nitrogens with one attached hydrogen (secondary N) is 1. The van der Waals surface area contributed by atoms with Crippen molar-refractivity contribution in [3.8, 4) is 11.5 Å². The molecule has 0 amide bonds. The quantitative estimate of drug-likeness (QED) is 0.901. The minimum Gasteiger partial charge on any atom is -0.493 e. The Morgan fingerprint density at radius 2 is 2.16 bits per heavy atom. The highest BCUT2D eigenvalue weighted by Gasteiger charge is 2.35. The molecule has 19 heavy (non-hydrogen) atoms. The summed E-state index contributed by atoms with van der Waals surface area (Å²) in [5.41, 5.74) is 1.02. The van der Waals surface area contributed by atoms with Crippen LogP contribution in [0.1, 0.15) is 45.7 Å². The summed E-state index contributed by atoms with van der Waals surface area (Å²) in [6.07, 6.45) is 0.943. The zero-order chi connectivity index (χ0) is 14.0. The van der Waals surface area contributed by atoms with Crippen molar-refractivity contribution in [3.63, 3.8) is 0 Å². The average Bonchev–Trinajstić information content (AvgIpc) is 2.33. The number of benzene rings is 1. The van der Waals surface area contributed by atoms with Crippen LogP contribution in [0, 0.1) is 5.92 Å². The minimum absolute atomic E-state index is 0.142. The van der Waals surface area contributed by atoms with Crippen molar-refractivity contribution in [2.45, 2.75) is 45.8 Å². The molecule has 0 spiro atoms. The Hall–Kier alpha value is -1.22. The molecule has 3 heteroatoms. The van der Waals surface area contributed by atoms with E-state index in [0.717, 1.165) is 30.1 Å². The summed E-state index contributed by atoms with van der Waals surface area (Å²) in [7, 11) is 2.00. The van der Waals surface area contributed by atoms with Gasteiger partial charge in [0.1, 0.15) is 17.1 Å². The lowest BCUT2D eigenvalue weighted by Crippen LogP contribution is -2.38. The van der Waals surface area contributed by atoms with Crippen LogP contribution >= 0.6 is 0 Å². The van der Waals surface area contributed by atoms with Gasteiger partial charge in [-0.2, -0.15) is 0 Å². The van der Waals surface area contributed by atoms with E-state index in [0.29, 0.717) is 5.92 Å². The van der Waals surface area contributed by atoms with Crippen LogP contribution < -0.4 is 14.8 Å². The normalized spacial score (nSPS) is 20.8. The molecular weight excluding hydrogens is 238 g/mol. The molecule has 1 heterocycles. The van der Waals surface area contributed by atoms with E-state index in [9.17, 15) is 0 Å². The van der Waals surface area contributed by atoms with E-state index in [2.05, 4.69) is 33.0 Å². The second-order valence-electron chi connectivity index (χ2n) is 6.28. The summed E-state index contributed by atoms with van der Waals surface area (Å²) >= 11 is 0. The maximum atomic E-state index is 6.08. The van der Waals surface area contributed by atoms with Gasteiger partial charge in [0.2, 0.25) is 0 Å². The lowest BCUT2D eigenvalue weighted by molar-refractivity contribution is 0.0656. The van der Waals surface area contributed by atoms with E-state index in [1.807, 2.05) is 25.2 Å². The fraction of sp³-hybridized carbons (Fsp3) is 0.625. The average molecular weight is 263 g/mol. The van der Waals surface area contributed by atoms with E-state index in [1.54, 1.807) is 0 Å². The molecule has 1 aliphatic heterocycles. The van der Waals surface area contributed by atoms with Crippen LogP contribution in [0.4, 0.5) is 0 Å². The Balaban J connectivity index is 2.33. The molecule has 0 aliphatic carbocycles. The molecule has 1 atom stereocenters. The molecule has 2 rings (SSSR count). The van der Waals surface area contributed by atoms with Gasteiger partial charge in [0.25, 0.3) is 0 Å². The second-order valence-corrected chi connectivity index (χ2v) is 6.28. The highest BCUT2D eigenvalue weighted by atomic mass is 16.5. The summed E-state index contributed by atoms with van der Waals surface area (Å²) < 4.78 is 12.0. The summed E-state index contributed by atoms with van der Waals surface area (Å²) in [5, 5.41) is 3.38. The molecule has 0 saturated heterocycles. The van der Waals surface area contributed by atoms with Gasteiger partial charge in [-0.15, -0.1) is 0 Å². The molecule has 3 nitrogen and oxygen atoms in total. The molecule has 0 saturated carbocycles. The molecule has 0 radical (unpaired) electrons. The molecular formula is C16H25NO2. The number of ether oxygens (including phenoxy) is 2. The minimum atomic E-state index is -0.142. The van der Waals surface area contributed by atoms with Gasteiger partial charge in [0.15, 0.2) is 0 Å². The summed E-state index contributed by atoms with van der Waals surface area (Å²) in [6.45, 7) is 9.30. The summed E-state index contributed by atoms with van der Waals surface area (Å²) in [6, 6.07) is 6.35. The third-order valence-corrected chi connectivity index (χ3v) is 3.38. The van der Waals surface area contributed by atoms with E-state index in [-0.39, 0.29) is 11.6 Å². The first-order chi connectivity index (χ1) is 8.93. The largest absolute Gasteiger partial charge is 0.493 e. The molecule has 1 N–H and O–H groups in total. The molecule has 1 aliphatic rings. The maximum Gasteiger partial charge on any atom is 0.128 e. The Labute approximate surface area is 116 Å². The van der Waals surface area contributed by atoms with E-state index in [1.165, 1.54) is 0 Å². The second kappa shape index (κ2) is 5.41. The van der Waals surface area contributed by atoms with Crippen LogP contribution in [0.25, 0.3) is 0 Å². The van der Waals surface area contributed by atoms with Gasteiger partial charge < -0.3 is 14.8 Å². The maximum absolute atomic E-state index is 6.08. The van der Waals surface area contributed by atoms with Crippen LogP contribution in [0.3, 0.4) is 0 Å². The topological polar surface area (TPSA) is 30.5 Å². The number of hydrogen-bond donors (Lipinski definition) is 1. The van der Waals surface area contributed by atoms with Gasteiger partial charge in [-0.3, -0.25) is 0 Å². The molecule has 0 fully saturated rings. The van der Waals surface area contributed by atoms with Gasteiger partial charge >= 0.3 is 0 Å². The first-order valence-electron chi connectivity index (χ1n) is 7.05. The van der Waals surface area contributed by atoms with Crippen molar-refractivity contribution in [1.29, 1.82) is 0 Å². The lowest BCUT2D eigenvalue weighted by Gasteiger charge is -2.38. The van der Waals surface area contributed by atoms with Crippen LogP contribution in [0.15, 0.2) is 18.2 Å². The molecule has 1 unspecified atom stereocenters. The molecule has 1 aromatic rings. The summed E-state index contributed by atoms with van der Waals surface area (Å²) in [5.74, 6) is 2.41. The summed E-state index contributed by atoms with van der Waals surface area (Å²) in [4.78, 5) is 0. The molecule has 0 bridgehead atoms. The number of rotatable bonds is 4. The fourth-order valence-corrected chi connectivity index (χ4v) is 2.52. The van der Waals surface area contributed by atoms with Crippen molar-refractivity contribution in [2.24, 2.45) is 5.92 Å². The Bertz CT molecular complexity index is 440. The van der Waals surface area contributed by atoms with E-state index in [4.69, 9.17) is 9.47 Å². The highest BCUT2D eigenvalue weighted by Crippen LogP contribution is 2.44. The fourth-order valence-electron chi connectivity index (χ4n) is 2.52. The third-order valence-electron chi connectivity index (χ3n) is 3.38. The standard InChI is InChI=1S/C16H25NO2/c1-11(2)10-18-13-7-6-8-14-15(13)12(17-5)9-16(3,4)19-14/h6-8,11-12,17H,9-10H2,1-5H3. The van der Waals surface area contributed by atoms with Crippen molar-refractivity contribution < 1.29 is 9.47 Å². The molecule has 0 aromatic heterocycles.